The van der Waals surface area contributed by atoms with Crippen molar-refractivity contribution in [2.75, 3.05) is 5.75 Å². The fourth-order valence-electron chi connectivity index (χ4n) is 2.19. The van der Waals surface area contributed by atoms with E-state index in [0.717, 1.165) is 11.4 Å². The smallest absolute Gasteiger partial charge is 0.0835 e. The first-order valence-electron chi connectivity index (χ1n) is 6.92. The van der Waals surface area contributed by atoms with E-state index in [2.05, 4.69) is 43.4 Å². The molecule has 0 radical (unpaired) electrons. The molecule has 4 nitrogen and oxygen atoms in total. The van der Waals surface area contributed by atoms with Crippen LogP contribution in [0.1, 0.15) is 37.2 Å². The van der Waals surface area contributed by atoms with E-state index in [1.807, 2.05) is 16.8 Å². The minimum atomic E-state index is -0.0491. The molecule has 0 amide bonds. The van der Waals surface area contributed by atoms with Crippen molar-refractivity contribution in [3.8, 4) is 0 Å². The van der Waals surface area contributed by atoms with Crippen molar-refractivity contribution in [2.45, 2.75) is 37.8 Å². The Hall–Kier alpha value is -1.01. The van der Waals surface area contributed by atoms with Gasteiger partial charge in [0.2, 0.25) is 0 Å². The van der Waals surface area contributed by atoms with E-state index in [1.54, 1.807) is 18.0 Å². The Labute approximate surface area is 135 Å². The van der Waals surface area contributed by atoms with Crippen LogP contribution in [0.3, 0.4) is 0 Å². The molecule has 0 fully saturated rings. The van der Waals surface area contributed by atoms with Crippen LogP contribution in [0.2, 0.25) is 5.02 Å². The number of nitrogens with two attached hydrogens (primary N) is 1. The van der Waals surface area contributed by atoms with Crippen molar-refractivity contribution >= 4 is 23.4 Å². The molecule has 1 aromatic carbocycles. The van der Waals surface area contributed by atoms with Gasteiger partial charge in [0.25, 0.3) is 0 Å². The van der Waals surface area contributed by atoms with Gasteiger partial charge in [-0.05, 0) is 32.4 Å². The molecule has 0 aliphatic heterocycles. The summed E-state index contributed by atoms with van der Waals surface area (Å²) in [6.45, 7) is 6.27. The van der Waals surface area contributed by atoms with Crippen molar-refractivity contribution in [3.63, 3.8) is 0 Å². The summed E-state index contributed by atoms with van der Waals surface area (Å²) in [5, 5.41) is 4.99. The zero-order valence-corrected chi connectivity index (χ0v) is 14.1. The first-order valence-corrected chi connectivity index (χ1v) is 8.28. The van der Waals surface area contributed by atoms with Gasteiger partial charge in [-0.25, -0.2) is 0 Å². The Morgan fingerprint density at radius 2 is 2.10 bits per heavy atom. The van der Waals surface area contributed by atoms with Crippen molar-refractivity contribution in [3.05, 3.63) is 46.7 Å². The molecule has 1 atom stereocenters. The van der Waals surface area contributed by atoms with Gasteiger partial charge in [0, 0.05) is 16.7 Å². The largest absolute Gasteiger partial charge is 0.271 e. The topological polar surface area (TPSA) is 55.9 Å². The molecule has 2 rings (SSSR count). The summed E-state index contributed by atoms with van der Waals surface area (Å²) in [7, 11) is 0. The number of aromatic nitrogens is 2. The fraction of sp³-hybridized carbons (Fsp3) is 0.400. The van der Waals surface area contributed by atoms with Crippen LogP contribution in [0.15, 0.2) is 35.4 Å². The summed E-state index contributed by atoms with van der Waals surface area (Å²) in [4.78, 5) is 1.25. The number of hydrogen-bond donors (Lipinski definition) is 2. The summed E-state index contributed by atoms with van der Waals surface area (Å²) in [6, 6.07) is 8.51. The molecular weight excluding hydrogens is 304 g/mol. The molecule has 1 unspecified atom stereocenters. The van der Waals surface area contributed by atoms with Crippen LogP contribution < -0.4 is 11.3 Å². The Kier molecular flexibility index (Phi) is 5.70. The first kappa shape index (κ1) is 16.4. The number of nitrogens with one attached hydrogen (secondary N) is 1. The molecule has 0 bridgehead atoms. The van der Waals surface area contributed by atoms with Gasteiger partial charge in [-0.2, -0.15) is 5.10 Å². The summed E-state index contributed by atoms with van der Waals surface area (Å²) >= 11 is 8.05. The molecule has 3 N–H and O–H groups in total. The summed E-state index contributed by atoms with van der Waals surface area (Å²) in [6.07, 6.45) is 1.68. The minimum Gasteiger partial charge on any atom is -0.271 e. The molecule has 1 aromatic heterocycles. The van der Waals surface area contributed by atoms with Crippen molar-refractivity contribution in [1.82, 2.24) is 15.2 Å². The predicted molar refractivity (Wildman–Crippen MR) is 89.6 cm³/mol. The molecule has 0 aliphatic rings. The van der Waals surface area contributed by atoms with Gasteiger partial charge in [-0.3, -0.25) is 16.0 Å². The number of hydrazine groups is 1. The maximum atomic E-state index is 6.29. The second-order valence-electron chi connectivity index (χ2n) is 5.21. The Morgan fingerprint density at radius 1 is 1.38 bits per heavy atom. The van der Waals surface area contributed by atoms with Crippen LogP contribution >= 0.6 is 23.4 Å². The quantitative estimate of drug-likeness (QED) is 0.483. The van der Waals surface area contributed by atoms with Crippen LogP contribution in [0.4, 0.5) is 0 Å². The number of thioether (sulfide) groups is 1. The highest BCUT2D eigenvalue weighted by Gasteiger charge is 2.21. The molecule has 114 valence electrons. The van der Waals surface area contributed by atoms with Crippen LogP contribution in [-0.4, -0.2) is 15.5 Å². The van der Waals surface area contributed by atoms with Gasteiger partial charge in [-0.1, -0.05) is 29.8 Å². The summed E-state index contributed by atoms with van der Waals surface area (Å²) in [5.41, 5.74) is 5.07. The van der Waals surface area contributed by atoms with Crippen molar-refractivity contribution in [2.24, 2.45) is 5.84 Å². The molecule has 6 heteroatoms. The SMILES string of the molecule is Cc1ccccc1SCC(NN)c1c(Cl)cnn1C(C)C. The van der Waals surface area contributed by atoms with E-state index in [9.17, 15) is 0 Å². The maximum Gasteiger partial charge on any atom is 0.0835 e. The minimum absolute atomic E-state index is 0.0491. The molecule has 0 spiro atoms. The van der Waals surface area contributed by atoms with E-state index in [-0.39, 0.29) is 12.1 Å². The lowest BCUT2D eigenvalue weighted by Crippen LogP contribution is -2.32. The van der Waals surface area contributed by atoms with E-state index < -0.39 is 0 Å². The number of halogens is 1. The van der Waals surface area contributed by atoms with E-state index in [0.29, 0.717) is 5.02 Å². The molecular formula is C15H21ClN4S. The second-order valence-corrected chi connectivity index (χ2v) is 6.68. The highest BCUT2D eigenvalue weighted by atomic mass is 35.5. The van der Waals surface area contributed by atoms with E-state index in [4.69, 9.17) is 17.4 Å². The Morgan fingerprint density at radius 3 is 2.71 bits per heavy atom. The lowest BCUT2D eigenvalue weighted by Gasteiger charge is -2.20. The lowest BCUT2D eigenvalue weighted by atomic mass is 10.2. The molecule has 21 heavy (non-hydrogen) atoms. The summed E-state index contributed by atoms with van der Waals surface area (Å²) in [5.74, 6) is 6.53. The highest BCUT2D eigenvalue weighted by molar-refractivity contribution is 7.99. The lowest BCUT2D eigenvalue weighted by molar-refractivity contribution is 0.468. The normalized spacial score (nSPS) is 12.9. The van der Waals surface area contributed by atoms with Crippen molar-refractivity contribution in [1.29, 1.82) is 0 Å². The zero-order chi connectivity index (χ0) is 15.4. The average Bonchev–Trinajstić information content (AvgIpc) is 2.84. The number of hydrogen-bond acceptors (Lipinski definition) is 4. The third kappa shape index (κ3) is 3.80. The van der Waals surface area contributed by atoms with Crippen LogP contribution in [-0.2, 0) is 0 Å². The first-order chi connectivity index (χ1) is 10.0. The number of benzene rings is 1. The Bertz CT molecular complexity index is 597. The van der Waals surface area contributed by atoms with Crippen LogP contribution in [0.5, 0.6) is 0 Å². The van der Waals surface area contributed by atoms with Gasteiger partial charge in [-0.15, -0.1) is 11.8 Å². The van der Waals surface area contributed by atoms with Gasteiger partial charge in [0.05, 0.1) is 23.0 Å². The van der Waals surface area contributed by atoms with Crippen LogP contribution in [0, 0.1) is 6.92 Å². The third-order valence-corrected chi connectivity index (χ3v) is 4.87. The number of rotatable bonds is 6. The van der Waals surface area contributed by atoms with Gasteiger partial charge < -0.3 is 0 Å². The standard InChI is InChI=1S/C15H21ClN4S/c1-10(2)20-15(12(16)8-18-20)13(19-17)9-21-14-7-5-4-6-11(14)3/h4-8,10,13,19H,9,17H2,1-3H3. The summed E-state index contributed by atoms with van der Waals surface area (Å²) < 4.78 is 1.92. The van der Waals surface area contributed by atoms with Crippen molar-refractivity contribution < 1.29 is 0 Å². The molecule has 0 aliphatic carbocycles. The maximum absolute atomic E-state index is 6.29. The van der Waals surface area contributed by atoms with E-state index in [1.165, 1.54) is 10.5 Å². The second kappa shape index (κ2) is 7.31. The zero-order valence-electron chi connectivity index (χ0n) is 12.5. The number of aryl methyl sites for hydroxylation is 1. The monoisotopic (exact) mass is 324 g/mol. The van der Waals surface area contributed by atoms with Gasteiger partial charge in [0.1, 0.15) is 0 Å². The van der Waals surface area contributed by atoms with E-state index >= 15 is 0 Å². The van der Waals surface area contributed by atoms with Gasteiger partial charge >= 0.3 is 0 Å². The average molecular weight is 325 g/mol. The molecule has 0 saturated carbocycles. The highest BCUT2D eigenvalue weighted by Crippen LogP contribution is 2.31. The fourth-order valence-corrected chi connectivity index (χ4v) is 3.52. The molecule has 1 heterocycles. The predicted octanol–water partition coefficient (Wildman–Crippen LogP) is 3.72. The van der Waals surface area contributed by atoms with Gasteiger partial charge in [0.15, 0.2) is 0 Å². The number of nitrogens with zero attached hydrogens (tertiary/aromatic N) is 2. The van der Waals surface area contributed by atoms with Crippen LogP contribution in [0.25, 0.3) is 0 Å². The molecule has 2 aromatic rings. The third-order valence-electron chi connectivity index (χ3n) is 3.31. The molecule has 0 saturated heterocycles. The Balaban J connectivity index is 2.17.